The van der Waals surface area contributed by atoms with Gasteiger partial charge in [-0.15, -0.1) is 0 Å². The van der Waals surface area contributed by atoms with E-state index in [0.717, 1.165) is 41.3 Å². The van der Waals surface area contributed by atoms with Gasteiger partial charge < -0.3 is 19.6 Å². The molecule has 7 nitrogen and oxygen atoms in total. The molecule has 2 N–H and O–H groups in total. The monoisotopic (exact) mass is 457 g/mol. The Morgan fingerprint density at radius 3 is 2.59 bits per heavy atom. The number of H-pyrrole nitrogens is 1. The third kappa shape index (κ3) is 4.19. The zero-order valence-electron chi connectivity index (χ0n) is 18.4. The molecule has 4 rings (SSSR count). The lowest BCUT2D eigenvalue weighted by Crippen LogP contribution is -2.22. The maximum absolute atomic E-state index is 12.8. The van der Waals surface area contributed by atoms with Crippen LogP contribution in [0.3, 0.4) is 0 Å². The molecule has 1 aromatic heterocycles. The van der Waals surface area contributed by atoms with Crippen molar-refractivity contribution in [1.82, 2.24) is 4.98 Å². The number of aromatic amines is 1. The molecule has 2 aromatic carbocycles. The van der Waals surface area contributed by atoms with Crippen molar-refractivity contribution in [2.45, 2.75) is 44.9 Å². The highest BCUT2D eigenvalue weighted by molar-refractivity contribution is 7.91. The van der Waals surface area contributed by atoms with Gasteiger partial charge in [-0.3, -0.25) is 0 Å². The molecule has 32 heavy (non-hydrogen) atoms. The number of benzene rings is 2. The van der Waals surface area contributed by atoms with Crippen LogP contribution in [0.1, 0.15) is 47.8 Å². The second-order valence-corrected chi connectivity index (χ2v) is 10.3. The van der Waals surface area contributed by atoms with Crippen LogP contribution in [0.2, 0.25) is 0 Å². The number of aryl methyl sites for hydroxylation is 2. The van der Waals surface area contributed by atoms with Crippen LogP contribution < -0.4 is 4.74 Å². The van der Waals surface area contributed by atoms with E-state index in [1.54, 1.807) is 19.1 Å². The van der Waals surface area contributed by atoms with Gasteiger partial charge in [0.05, 0.1) is 12.4 Å². The molecule has 1 saturated carbocycles. The van der Waals surface area contributed by atoms with Gasteiger partial charge in [-0.2, -0.15) is 0 Å². The van der Waals surface area contributed by atoms with E-state index in [0.29, 0.717) is 17.2 Å². The Balaban J connectivity index is 1.68. The lowest BCUT2D eigenvalue weighted by molar-refractivity contribution is 0.0520. The Kier molecular flexibility index (Phi) is 5.90. The Morgan fingerprint density at radius 1 is 1.19 bits per heavy atom. The topological polar surface area (TPSA) is 106 Å². The minimum atomic E-state index is -3.62. The standard InChI is InChI=1S/C24H27NO6S/c1-4-30-24(27)20-12-18-15(3)23(14(2)10-19(18)25-20)31-17-8-9-21(26)22(11-17)32(28,29)13-16-6-5-7-16/h8-12,16,25-26H,4-7,13H2,1-3H3. The third-order valence-electron chi connectivity index (χ3n) is 5.97. The second-order valence-electron chi connectivity index (χ2n) is 8.32. The summed E-state index contributed by atoms with van der Waals surface area (Å²) in [6, 6.07) is 7.87. The lowest BCUT2D eigenvalue weighted by Gasteiger charge is -2.25. The highest BCUT2D eigenvalue weighted by atomic mass is 32.2. The van der Waals surface area contributed by atoms with E-state index >= 15 is 0 Å². The summed E-state index contributed by atoms with van der Waals surface area (Å²) in [5.41, 5.74) is 2.76. The Labute approximate surface area is 187 Å². The van der Waals surface area contributed by atoms with E-state index in [-0.39, 0.29) is 28.9 Å². The van der Waals surface area contributed by atoms with Crippen LogP contribution >= 0.6 is 0 Å². The van der Waals surface area contributed by atoms with Gasteiger partial charge in [0.15, 0.2) is 9.84 Å². The number of carbonyl (C=O) groups excluding carboxylic acids is 1. The molecule has 0 unspecified atom stereocenters. The molecule has 170 valence electrons. The van der Waals surface area contributed by atoms with Crippen molar-refractivity contribution in [3.8, 4) is 17.2 Å². The summed E-state index contributed by atoms with van der Waals surface area (Å²) in [5.74, 6) is 0.376. The van der Waals surface area contributed by atoms with Crippen LogP contribution in [0, 0.1) is 19.8 Å². The van der Waals surface area contributed by atoms with Crippen LogP contribution in [0.25, 0.3) is 10.9 Å². The van der Waals surface area contributed by atoms with E-state index in [9.17, 15) is 18.3 Å². The largest absolute Gasteiger partial charge is 0.507 e. The van der Waals surface area contributed by atoms with Gasteiger partial charge in [0.1, 0.15) is 27.8 Å². The van der Waals surface area contributed by atoms with Gasteiger partial charge in [0.25, 0.3) is 0 Å². The fourth-order valence-electron chi connectivity index (χ4n) is 4.06. The summed E-state index contributed by atoms with van der Waals surface area (Å²) >= 11 is 0. The van der Waals surface area contributed by atoms with Gasteiger partial charge in [-0.1, -0.05) is 6.42 Å². The first kappa shape index (κ1) is 22.2. The molecule has 0 radical (unpaired) electrons. The zero-order valence-corrected chi connectivity index (χ0v) is 19.2. The predicted octanol–water partition coefficient (Wildman–Crippen LogP) is 5.03. The first-order valence-corrected chi connectivity index (χ1v) is 12.4. The molecule has 1 fully saturated rings. The number of nitrogens with one attached hydrogen (secondary N) is 1. The van der Waals surface area contributed by atoms with Crippen molar-refractivity contribution in [3.63, 3.8) is 0 Å². The summed E-state index contributed by atoms with van der Waals surface area (Å²) in [6.45, 7) is 5.79. The number of fused-ring (bicyclic) bond motifs is 1. The van der Waals surface area contributed by atoms with E-state index < -0.39 is 15.8 Å². The van der Waals surface area contributed by atoms with E-state index in [2.05, 4.69) is 4.98 Å². The van der Waals surface area contributed by atoms with Crippen LogP contribution in [0.15, 0.2) is 35.2 Å². The zero-order chi connectivity index (χ0) is 23.0. The molecule has 0 spiro atoms. The molecule has 0 amide bonds. The minimum Gasteiger partial charge on any atom is -0.507 e. The maximum atomic E-state index is 12.8. The number of esters is 1. The van der Waals surface area contributed by atoms with E-state index in [1.165, 1.54) is 12.1 Å². The normalized spacial score (nSPS) is 14.3. The maximum Gasteiger partial charge on any atom is 0.354 e. The molecular formula is C24H27NO6S. The highest BCUT2D eigenvalue weighted by Gasteiger charge is 2.28. The van der Waals surface area contributed by atoms with Crippen molar-refractivity contribution in [2.24, 2.45) is 5.92 Å². The van der Waals surface area contributed by atoms with Crippen LogP contribution in [0.5, 0.6) is 17.2 Å². The number of rotatable bonds is 7. The van der Waals surface area contributed by atoms with Crippen molar-refractivity contribution in [2.75, 3.05) is 12.4 Å². The summed E-state index contributed by atoms with van der Waals surface area (Å²) in [5, 5.41) is 11.0. The first-order valence-electron chi connectivity index (χ1n) is 10.7. The number of phenols is 1. The Bertz CT molecular complexity index is 1290. The molecule has 1 aliphatic carbocycles. The number of hydrogen-bond acceptors (Lipinski definition) is 6. The SMILES string of the molecule is CCOC(=O)c1cc2c(C)c(Oc3ccc(O)c(S(=O)(=O)CC4CCC4)c3)c(C)cc2[nH]1. The fraction of sp³-hybridized carbons (Fsp3) is 0.375. The minimum absolute atomic E-state index is 0.0357. The number of aromatic hydroxyl groups is 1. The number of ether oxygens (including phenoxy) is 2. The summed E-state index contributed by atoms with van der Waals surface area (Å²) in [7, 11) is -3.62. The molecule has 1 aliphatic rings. The highest BCUT2D eigenvalue weighted by Crippen LogP contribution is 2.38. The number of hydrogen-bond donors (Lipinski definition) is 2. The molecule has 1 heterocycles. The van der Waals surface area contributed by atoms with Crippen molar-refractivity contribution in [1.29, 1.82) is 0 Å². The molecule has 8 heteroatoms. The average molecular weight is 458 g/mol. The smallest absolute Gasteiger partial charge is 0.354 e. The van der Waals surface area contributed by atoms with Crippen LogP contribution in [0.4, 0.5) is 0 Å². The molecule has 0 bridgehead atoms. The third-order valence-corrected chi connectivity index (χ3v) is 7.88. The van der Waals surface area contributed by atoms with Gasteiger partial charge in [0.2, 0.25) is 0 Å². The number of sulfone groups is 1. The van der Waals surface area contributed by atoms with Gasteiger partial charge in [0, 0.05) is 22.5 Å². The number of aromatic nitrogens is 1. The summed E-state index contributed by atoms with van der Waals surface area (Å²) in [4.78, 5) is 15.1. The fourth-order valence-corrected chi connectivity index (χ4v) is 5.87. The quantitative estimate of drug-likeness (QED) is 0.482. The first-order chi connectivity index (χ1) is 15.2. The lowest BCUT2D eigenvalue weighted by atomic mass is 9.87. The molecular weight excluding hydrogens is 430 g/mol. The van der Waals surface area contributed by atoms with Crippen LogP contribution in [-0.4, -0.2) is 36.8 Å². The summed E-state index contributed by atoms with van der Waals surface area (Å²) < 4.78 is 36.8. The Morgan fingerprint density at radius 2 is 1.94 bits per heavy atom. The number of carbonyl (C=O) groups is 1. The number of phenolic OH excluding ortho intramolecular Hbond substituents is 1. The van der Waals surface area contributed by atoms with E-state index in [1.807, 2.05) is 19.9 Å². The van der Waals surface area contributed by atoms with Crippen molar-refractivity contribution in [3.05, 3.63) is 47.2 Å². The van der Waals surface area contributed by atoms with Gasteiger partial charge >= 0.3 is 5.97 Å². The average Bonchev–Trinajstić information content (AvgIpc) is 3.14. The molecule has 0 aliphatic heterocycles. The van der Waals surface area contributed by atoms with Crippen LogP contribution in [-0.2, 0) is 14.6 Å². The summed E-state index contributed by atoms with van der Waals surface area (Å²) in [6.07, 6.45) is 2.85. The van der Waals surface area contributed by atoms with Gasteiger partial charge in [-0.25, -0.2) is 13.2 Å². The molecule has 3 aromatic rings. The Hall–Kier alpha value is -3.00. The molecule has 0 saturated heterocycles. The van der Waals surface area contributed by atoms with E-state index in [4.69, 9.17) is 9.47 Å². The second kappa shape index (κ2) is 8.50. The molecule has 0 atom stereocenters. The predicted molar refractivity (Wildman–Crippen MR) is 121 cm³/mol. The van der Waals surface area contributed by atoms with Gasteiger partial charge in [-0.05, 0) is 69.4 Å². The van der Waals surface area contributed by atoms with Crippen molar-refractivity contribution >= 4 is 26.7 Å². The van der Waals surface area contributed by atoms with Crippen molar-refractivity contribution < 1.29 is 27.8 Å².